The summed E-state index contributed by atoms with van der Waals surface area (Å²) in [7, 11) is 0. The highest BCUT2D eigenvalue weighted by Crippen LogP contribution is 2.28. The van der Waals surface area contributed by atoms with Crippen LogP contribution in [0.25, 0.3) is 0 Å². The number of hydrogen-bond donors (Lipinski definition) is 1. The lowest BCUT2D eigenvalue weighted by Crippen LogP contribution is -2.28. The molecule has 1 fully saturated rings. The fourth-order valence-corrected chi connectivity index (χ4v) is 4.11. The third-order valence-electron chi connectivity index (χ3n) is 4.80. The lowest BCUT2D eigenvalue weighted by atomic mass is 10.1. The average Bonchev–Trinajstić information content (AvgIpc) is 3.29. The van der Waals surface area contributed by atoms with Crippen LogP contribution in [0.15, 0.2) is 54.6 Å². The summed E-state index contributed by atoms with van der Waals surface area (Å²) in [6, 6.07) is 17.7. The largest absolute Gasteiger partial charge is 0.311 e. The van der Waals surface area contributed by atoms with Gasteiger partial charge in [0.15, 0.2) is 0 Å². The predicted molar refractivity (Wildman–Crippen MR) is 109 cm³/mol. The highest BCUT2D eigenvalue weighted by atomic mass is 32.1. The first-order chi connectivity index (χ1) is 13.6. The van der Waals surface area contributed by atoms with Gasteiger partial charge in [-0.2, -0.15) is 0 Å². The van der Waals surface area contributed by atoms with Crippen LogP contribution in [-0.4, -0.2) is 28.6 Å². The van der Waals surface area contributed by atoms with Crippen LogP contribution in [0.3, 0.4) is 0 Å². The molecule has 4 rings (SSSR count). The van der Waals surface area contributed by atoms with E-state index in [4.69, 9.17) is 0 Å². The standard InChI is InChI=1S/C21H20N4O2S/c1-14-7-5-6-10-17(14)25-13-16(12-19(25)26)20(27)22-21-24-23-18(28-21)11-15-8-3-2-4-9-15/h2-10,16H,11-13H2,1H3,(H,22,24,27)/t16-/m1/s1. The van der Waals surface area contributed by atoms with Crippen molar-refractivity contribution in [1.82, 2.24) is 10.2 Å². The second kappa shape index (κ2) is 7.90. The van der Waals surface area contributed by atoms with Crippen LogP contribution >= 0.6 is 11.3 Å². The zero-order valence-corrected chi connectivity index (χ0v) is 16.3. The molecule has 1 aliphatic heterocycles. The molecule has 1 N–H and O–H groups in total. The molecule has 0 aliphatic carbocycles. The van der Waals surface area contributed by atoms with Crippen molar-refractivity contribution in [3.63, 3.8) is 0 Å². The molecule has 2 amide bonds. The quantitative estimate of drug-likeness (QED) is 0.722. The van der Waals surface area contributed by atoms with E-state index in [-0.39, 0.29) is 18.2 Å². The number of hydrogen-bond acceptors (Lipinski definition) is 5. The first-order valence-electron chi connectivity index (χ1n) is 9.13. The lowest BCUT2D eigenvalue weighted by Gasteiger charge is -2.18. The summed E-state index contributed by atoms with van der Waals surface area (Å²) in [4.78, 5) is 26.8. The fourth-order valence-electron chi connectivity index (χ4n) is 3.34. The Morgan fingerprint density at radius 1 is 1.14 bits per heavy atom. The number of benzene rings is 2. The van der Waals surface area contributed by atoms with Crippen molar-refractivity contribution in [2.75, 3.05) is 16.8 Å². The second-order valence-corrected chi connectivity index (χ2v) is 7.91. The Labute approximate surface area is 167 Å². The van der Waals surface area contributed by atoms with Gasteiger partial charge in [0, 0.05) is 25.1 Å². The van der Waals surface area contributed by atoms with Crippen LogP contribution in [0.4, 0.5) is 10.8 Å². The molecule has 2 aromatic carbocycles. The SMILES string of the molecule is Cc1ccccc1N1C[C@H](C(=O)Nc2nnc(Cc3ccccc3)s2)CC1=O. The fraction of sp³-hybridized carbons (Fsp3) is 0.238. The molecule has 6 nitrogen and oxygen atoms in total. The number of aromatic nitrogens is 2. The zero-order valence-electron chi connectivity index (χ0n) is 15.5. The van der Waals surface area contributed by atoms with E-state index in [1.54, 1.807) is 4.90 Å². The molecule has 7 heteroatoms. The molecule has 0 spiro atoms. The van der Waals surface area contributed by atoms with Crippen LogP contribution < -0.4 is 10.2 Å². The number of nitrogens with zero attached hydrogens (tertiary/aromatic N) is 3. The van der Waals surface area contributed by atoms with Crippen molar-refractivity contribution in [2.24, 2.45) is 5.92 Å². The Morgan fingerprint density at radius 2 is 1.89 bits per heavy atom. The van der Waals surface area contributed by atoms with Crippen LogP contribution in [0.2, 0.25) is 0 Å². The molecule has 2 heterocycles. The molecule has 142 valence electrons. The minimum atomic E-state index is -0.395. The van der Waals surface area contributed by atoms with Gasteiger partial charge < -0.3 is 10.2 Å². The molecule has 0 saturated carbocycles. The molecular weight excluding hydrogens is 372 g/mol. The number of carbonyl (C=O) groups excluding carboxylic acids is 2. The van der Waals surface area contributed by atoms with E-state index in [0.717, 1.165) is 21.8 Å². The van der Waals surface area contributed by atoms with Crippen molar-refractivity contribution >= 4 is 34.0 Å². The molecular formula is C21H20N4O2S. The van der Waals surface area contributed by atoms with Crippen molar-refractivity contribution < 1.29 is 9.59 Å². The van der Waals surface area contributed by atoms with Crippen molar-refractivity contribution in [1.29, 1.82) is 0 Å². The smallest absolute Gasteiger partial charge is 0.231 e. The molecule has 1 atom stereocenters. The van der Waals surface area contributed by atoms with Gasteiger partial charge in [-0.05, 0) is 24.1 Å². The van der Waals surface area contributed by atoms with Gasteiger partial charge in [0.2, 0.25) is 16.9 Å². The van der Waals surface area contributed by atoms with Crippen molar-refractivity contribution in [3.8, 4) is 0 Å². The van der Waals surface area contributed by atoms with E-state index in [0.29, 0.717) is 18.1 Å². The summed E-state index contributed by atoms with van der Waals surface area (Å²) >= 11 is 1.36. The normalized spacial score (nSPS) is 16.4. The molecule has 1 aliphatic rings. The van der Waals surface area contributed by atoms with Crippen LogP contribution in [0.1, 0.15) is 22.6 Å². The lowest BCUT2D eigenvalue weighted by molar-refractivity contribution is -0.122. The van der Waals surface area contributed by atoms with Crippen LogP contribution in [0, 0.1) is 12.8 Å². The minimum absolute atomic E-state index is 0.0310. The number of carbonyl (C=O) groups is 2. The maximum Gasteiger partial charge on any atom is 0.231 e. The minimum Gasteiger partial charge on any atom is -0.311 e. The summed E-state index contributed by atoms with van der Waals surface area (Å²) < 4.78 is 0. The van der Waals surface area contributed by atoms with E-state index in [1.807, 2.05) is 61.5 Å². The van der Waals surface area contributed by atoms with Gasteiger partial charge in [-0.15, -0.1) is 10.2 Å². The molecule has 28 heavy (non-hydrogen) atoms. The molecule has 3 aromatic rings. The van der Waals surface area contributed by atoms with Crippen molar-refractivity contribution in [2.45, 2.75) is 19.8 Å². The third kappa shape index (κ3) is 3.94. The van der Waals surface area contributed by atoms with E-state index in [1.165, 1.54) is 11.3 Å². The molecule has 0 bridgehead atoms. The average molecular weight is 392 g/mol. The number of nitrogens with one attached hydrogen (secondary N) is 1. The van der Waals surface area contributed by atoms with E-state index < -0.39 is 5.92 Å². The monoisotopic (exact) mass is 392 g/mol. The van der Waals surface area contributed by atoms with Crippen LogP contribution in [-0.2, 0) is 16.0 Å². The topological polar surface area (TPSA) is 75.2 Å². The Hall–Kier alpha value is -3.06. The molecule has 1 aromatic heterocycles. The first-order valence-corrected chi connectivity index (χ1v) is 9.95. The van der Waals surface area contributed by atoms with E-state index in [9.17, 15) is 9.59 Å². The molecule has 0 unspecified atom stereocenters. The Kier molecular flexibility index (Phi) is 5.16. The number of rotatable bonds is 5. The molecule has 1 saturated heterocycles. The zero-order chi connectivity index (χ0) is 19.5. The second-order valence-electron chi connectivity index (χ2n) is 6.84. The summed E-state index contributed by atoms with van der Waals surface area (Å²) in [6.45, 7) is 2.34. The van der Waals surface area contributed by atoms with Gasteiger partial charge in [-0.1, -0.05) is 59.9 Å². The summed E-state index contributed by atoms with van der Waals surface area (Å²) in [5, 5.41) is 12.4. The summed E-state index contributed by atoms with van der Waals surface area (Å²) in [6.07, 6.45) is 0.882. The summed E-state index contributed by atoms with van der Waals surface area (Å²) in [5.74, 6) is -0.614. The van der Waals surface area contributed by atoms with Gasteiger partial charge in [-0.3, -0.25) is 9.59 Å². The number of para-hydroxylation sites is 1. The van der Waals surface area contributed by atoms with E-state index >= 15 is 0 Å². The summed E-state index contributed by atoms with van der Waals surface area (Å²) in [5.41, 5.74) is 3.03. The van der Waals surface area contributed by atoms with Gasteiger partial charge in [0.25, 0.3) is 0 Å². The molecule has 0 radical (unpaired) electrons. The van der Waals surface area contributed by atoms with Crippen molar-refractivity contribution in [3.05, 3.63) is 70.7 Å². The maximum absolute atomic E-state index is 12.6. The Morgan fingerprint density at radius 3 is 2.68 bits per heavy atom. The Balaban J connectivity index is 1.39. The third-order valence-corrected chi connectivity index (χ3v) is 5.64. The van der Waals surface area contributed by atoms with Crippen LogP contribution in [0.5, 0.6) is 0 Å². The van der Waals surface area contributed by atoms with Gasteiger partial charge in [0.1, 0.15) is 5.01 Å². The van der Waals surface area contributed by atoms with Gasteiger partial charge in [0.05, 0.1) is 5.92 Å². The number of amides is 2. The first kappa shape index (κ1) is 18.3. The predicted octanol–water partition coefficient (Wildman–Crippen LogP) is 3.43. The van der Waals surface area contributed by atoms with Gasteiger partial charge >= 0.3 is 0 Å². The van der Waals surface area contributed by atoms with E-state index in [2.05, 4.69) is 15.5 Å². The van der Waals surface area contributed by atoms with Gasteiger partial charge in [-0.25, -0.2) is 0 Å². The number of aryl methyl sites for hydroxylation is 1. The highest BCUT2D eigenvalue weighted by molar-refractivity contribution is 7.15. The Bertz CT molecular complexity index is 1000. The maximum atomic E-state index is 12.6. The highest BCUT2D eigenvalue weighted by Gasteiger charge is 2.35. The number of anilines is 2.